The van der Waals surface area contributed by atoms with E-state index in [1.54, 1.807) is 42.1 Å². The Bertz CT molecular complexity index is 782. The predicted molar refractivity (Wildman–Crippen MR) is 72.9 cm³/mol. The van der Waals surface area contributed by atoms with Crippen molar-refractivity contribution in [3.05, 3.63) is 48.3 Å². The summed E-state index contributed by atoms with van der Waals surface area (Å²) in [5.74, 6) is -0.187. The van der Waals surface area contributed by atoms with Crippen molar-refractivity contribution in [3.8, 4) is 11.1 Å². The summed E-state index contributed by atoms with van der Waals surface area (Å²) in [5.41, 5.74) is 1.15. The van der Waals surface area contributed by atoms with Gasteiger partial charge in [0.2, 0.25) is 5.78 Å². The highest BCUT2D eigenvalue weighted by Gasteiger charge is 2.24. The Morgan fingerprint density at radius 3 is 2.30 bits per heavy atom. The number of hydrogen-bond donors (Lipinski definition) is 1. The number of aromatic nitrogens is 1. The normalized spacial score (nSPS) is 11.3. The topological polar surface area (TPSA) is 75.3 Å². The molecule has 1 heterocycles. The van der Waals surface area contributed by atoms with E-state index in [4.69, 9.17) is 0 Å². The molecule has 5 nitrogen and oxygen atoms in total. The minimum absolute atomic E-state index is 0.187. The number of hydrogen-bond acceptors (Lipinski definition) is 3. The SMILES string of the molecule is CC(=O)c1c(-c2ccccc2S(=O)(=O)O)ccc[n+]1C. The molecule has 0 aliphatic rings. The average molecular weight is 292 g/mol. The molecule has 0 saturated carbocycles. The number of carbonyl (C=O) groups excluding carboxylic acids is 1. The molecule has 0 aliphatic heterocycles. The Morgan fingerprint density at radius 2 is 1.70 bits per heavy atom. The zero-order valence-electron chi connectivity index (χ0n) is 11.1. The number of aryl methyl sites for hydroxylation is 1. The third kappa shape index (κ3) is 2.61. The van der Waals surface area contributed by atoms with E-state index in [0.29, 0.717) is 16.8 Å². The summed E-state index contributed by atoms with van der Waals surface area (Å²) in [4.78, 5) is 11.6. The van der Waals surface area contributed by atoms with Crippen LogP contribution in [0.15, 0.2) is 47.5 Å². The second kappa shape index (κ2) is 5.15. The van der Waals surface area contributed by atoms with Gasteiger partial charge in [0.25, 0.3) is 15.8 Å². The molecule has 0 bridgehead atoms. The van der Waals surface area contributed by atoms with E-state index < -0.39 is 10.1 Å². The molecule has 0 unspecified atom stereocenters. The Morgan fingerprint density at radius 1 is 1.10 bits per heavy atom. The fourth-order valence-electron chi connectivity index (χ4n) is 2.18. The highest BCUT2D eigenvalue weighted by atomic mass is 32.2. The van der Waals surface area contributed by atoms with Gasteiger partial charge in [0.15, 0.2) is 6.20 Å². The Kier molecular flexibility index (Phi) is 3.69. The molecule has 0 amide bonds. The number of benzene rings is 1. The first-order valence-corrected chi connectivity index (χ1v) is 7.33. The van der Waals surface area contributed by atoms with Crippen molar-refractivity contribution in [2.45, 2.75) is 11.8 Å². The number of Topliss-reactive ketones (excluding diaryl/α,β-unsaturated/α-hetero) is 1. The fraction of sp³-hybridized carbons (Fsp3) is 0.143. The molecule has 0 atom stereocenters. The van der Waals surface area contributed by atoms with E-state index >= 15 is 0 Å². The summed E-state index contributed by atoms with van der Waals surface area (Å²) in [5, 5.41) is 0. The Balaban J connectivity index is 2.84. The lowest BCUT2D eigenvalue weighted by molar-refractivity contribution is -0.672. The van der Waals surface area contributed by atoms with E-state index in [0.717, 1.165) is 0 Å². The highest BCUT2D eigenvalue weighted by molar-refractivity contribution is 7.86. The van der Waals surface area contributed by atoms with Gasteiger partial charge < -0.3 is 0 Å². The first-order valence-electron chi connectivity index (χ1n) is 5.89. The maximum Gasteiger partial charge on any atom is 0.295 e. The van der Waals surface area contributed by atoms with Gasteiger partial charge >= 0.3 is 0 Å². The lowest BCUT2D eigenvalue weighted by Gasteiger charge is -2.08. The molecule has 1 aromatic heterocycles. The van der Waals surface area contributed by atoms with Gasteiger partial charge in [0.1, 0.15) is 11.9 Å². The van der Waals surface area contributed by atoms with Gasteiger partial charge in [0, 0.05) is 18.6 Å². The first kappa shape index (κ1) is 14.4. The zero-order valence-corrected chi connectivity index (χ0v) is 11.9. The third-order valence-corrected chi connectivity index (χ3v) is 3.88. The van der Waals surface area contributed by atoms with Crippen molar-refractivity contribution >= 4 is 15.9 Å². The van der Waals surface area contributed by atoms with Gasteiger partial charge in [-0.2, -0.15) is 13.0 Å². The third-order valence-electron chi connectivity index (χ3n) is 2.97. The molecule has 0 spiro atoms. The average Bonchev–Trinajstić information content (AvgIpc) is 2.37. The molecule has 6 heteroatoms. The van der Waals surface area contributed by atoms with Crippen LogP contribution in [-0.2, 0) is 17.2 Å². The van der Waals surface area contributed by atoms with Gasteiger partial charge in [-0.25, -0.2) is 0 Å². The maximum absolute atomic E-state index is 11.8. The molecule has 1 aromatic carbocycles. The lowest BCUT2D eigenvalue weighted by atomic mass is 10.0. The minimum atomic E-state index is -4.36. The zero-order chi connectivity index (χ0) is 14.9. The fourth-order valence-corrected chi connectivity index (χ4v) is 2.89. The van der Waals surface area contributed by atoms with Crippen LogP contribution in [0.4, 0.5) is 0 Å². The summed E-state index contributed by atoms with van der Waals surface area (Å²) in [6.07, 6.45) is 1.70. The van der Waals surface area contributed by atoms with Gasteiger partial charge in [-0.1, -0.05) is 18.2 Å². The molecular weight excluding hydrogens is 278 g/mol. The monoisotopic (exact) mass is 292 g/mol. The maximum atomic E-state index is 11.8. The number of carbonyl (C=O) groups is 1. The molecule has 2 rings (SSSR count). The van der Waals surface area contributed by atoms with Crippen molar-refractivity contribution in [1.82, 2.24) is 0 Å². The van der Waals surface area contributed by atoms with E-state index in [1.807, 2.05) is 0 Å². The summed E-state index contributed by atoms with van der Waals surface area (Å²) in [6, 6.07) is 9.40. The van der Waals surface area contributed by atoms with Crippen LogP contribution in [-0.4, -0.2) is 18.8 Å². The van der Waals surface area contributed by atoms with Crippen LogP contribution in [0.25, 0.3) is 11.1 Å². The van der Waals surface area contributed by atoms with Crippen molar-refractivity contribution in [2.24, 2.45) is 7.05 Å². The quantitative estimate of drug-likeness (QED) is 0.530. The molecular formula is C14H14NO4S+. The van der Waals surface area contributed by atoms with Gasteiger partial charge in [0.05, 0.1) is 5.56 Å². The van der Waals surface area contributed by atoms with Crippen LogP contribution in [0.5, 0.6) is 0 Å². The molecule has 2 aromatic rings. The van der Waals surface area contributed by atoms with Crippen LogP contribution in [0.2, 0.25) is 0 Å². The summed E-state index contributed by atoms with van der Waals surface area (Å²) in [6.45, 7) is 1.41. The summed E-state index contributed by atoms with van der Waals surface area (Å²) >= 11 is 0. The van der Waals surface area contributed by atoms with Crippen molar-refractivity contribution in [3.63, 3.8) is 0 Å². The van der Waals surface area contributed by atoms with Gasteiger partial charge in [-0.05, 0) is 12.1 Å². The molecule has 20 heavy (non-hydrogen) atoms. The van der Waals surface area contributed by atoms with E-state index in [-0.39, 0.29) is 10.7 Å². The van der Waals surface area contributed by atoms with Crippen molar-refractivity contribution in [2.75, 3.05) is 0 Å². The standard InChI is InChI=1S/C14H13NO4S/c1-10(16)14-12(7-5-9-15(14)2)11-6-3-4-8-13(11)20(17,18)19/h3-9H,1-2H3/p+1. The second-order valence-corrected chi connectivity index (χ2v) is 5.80. The number of ketones is 1. The second-order valence-electron chi connectivity index (χ2n) is 4.41. The molecule has 0 aliphatic carbocycles. The van der Waals surface area contributed by atoms with Crippen LogP contribution < -0.4 is 4.57 Å². The van der Waals surface area contributed by atoms with Crippen molar-refractivity contribution in [1.29, 1.82) is 0 Å². The molecule has 0 radical (unpaired) electrons. The Hall–Kier alpha value is -2.05. The molecule has 104 valence electrons. The van der Waals surface area contributed by atoms with Crippen LogP contribution in [0.3, 0.4) is 0 Å². The van der Waals surface area contributed by atoms with Gasteiger partial charge in [-0.3, -0.25) is 9.35 Å². The molecule has 0 fully saturated rings. The van der Waals surface area contributed by atoms with Crippen LogP contribution >= 0.6 is 0 Å². The molecule has 0 saturated heterocycles. The number of rotatable bonds is 3. The minimum Gasteiger partial charge on any atom is -0.288 e. The van der Waals surface area contributed by atoms with E-state index in [9.17, 15) is 17.8 Å². The summed E-state index contributed by atoms with van der Waals surface area (Å²) in [7, 11) is -2.65. The Labute approximate surface area is 117 Å². The van der Waals surface area contributed by atoms with Crippen molar-refractivity contribution < 1.29 is 22.3 Å². The predicted octanol–water partition coefficient (Wildman–Crippen LogP) is 1.63. The molecule has 1 N–H and O–H groups in total. The number of pyridine rings is 1. The van der Waals surface area contributed by atoms with Gasteiger partial charge in [-0.15, -0.1) is 0 Å². The van der Waals surface area contributed by atoms with Crippen LogP contribution in [0, 0.1) is 0 Å². The van der Waals surface area contributed by atoms with E-state index in [2.05, 4.69) is 0 Å². The first-order chi connectivity index (χ1) is 9.32. The highest BCUT2D eigenvalue weighted by Crippen LogP contribution is 2.28. The lowest BCUT2D eigenvalue weighted by Crippen LogP contribution is -2.35. The largest absolute Gasteiger partial charge is 0.295 e. The number of nitrogens with zero attached hydrogens (tertiary/aromatic N) is 1. The van der Waals surface area contributed by atoms with E-state index in [1.165, 1.54) is 19.1 Å². The smallest absolute Gasteiger partial charge is 0.288 e. The summed E-state index contributed by atoms with van der Waals surface area (Å²) < 4.78 is 33.8. The van der Waals surface area contributed by atoms with Crippen LogP contribution in [0.1, 0.15) is 17.4 Å².